The second kappa shape index (κ2) is 5.31. The second-order valence-corrected chi connectivity index (χ2v) is 5.29. The number of nitrogens with zero attached hydrogens (tertiary/aromatic N) is 3. The number of anilines is 1. The lowest BCUT2D eigenvalue weighted by Gasteiger charge is -2.28. The Balaban J connectivity index is 1.68. The lowest BCUT2D eigenvalue weighted by atomic mass is 10.1. The van der Waals surface area contributed by atoms with Gasteiger partial charge in [-0.25, -0.2) is 9.78 Å². The van der Waals surface area contributed by atoms with Crippen molar-refractivity contribution in [1.82, 2.24) is 14.4 Å². The molecule has 3 heterocycles. The van der Waals surface area contributed by atoms with Gasteiger partial charge in [0.15, 0.2) is 0 Å². The van der Waals surface area contributed by atoms with E-state index in [0.717, 1.165) is 37.6 Å². The first-order valence-electron chi connectivity index (χ1n) is 7.31. The van der Waals surface area contributed by atoms with Crippen LogP contribution in [0.3, 0.4) is 0 Å². The van der Waals surface area contributed by atoms with Gasteiger partial charge in [0.25, 0.3) is 0 Å². The van der Waals surface area contributed by atoms with Crippen molar-refractivity contribution in [1.29, 1.82) is 0 Å². The highest BCUT2D eigenvalue weighted by Gasteiger charge is 2.11. The number of benzene rings is 1. The van der Waals surface area contributed by atoms with Crippen LogP contribution < -0.4 is 10.6 Å². The molecule has 112 valence electrons. The van der Waals surface area contributed by atoms with Gasteiger partial charge in [-0.3, -0.25) is 4.40 Å². The fourth-order valence-corrected chi connectivity index (χ4v) is 2.76. The summed E-state index contributed by atoms with van der Waals surface area (Å²) in [6.45, 7) is 3.36. The highest BCUT2D eigenvalue weighted by Crippen LogP contribution is 2.22. The van der Waals surface area contributed by atoms with Crippen molar-refractivity contribution in [3.63, 3.8) is 0 Å². The van der Waals surface area contributed by atoms with E-state index in [1.54, 1.807) is 12.4 Å². The third-order valence-electron chi connectivity index (χ3n) is 3.96. The third-order valence-corrected chi connectivity index (χ3v) is 3.96. The summed E-state index contributed by atoms with van der Waals surface area (Å²) in [5.74, 6) is 0. The lowest BCUT2D eigenvalue weighted by molar-refractivity contribution is 0.122. The van der Waals surface area contributed by atoms with Crippen LogP contribution in [0.2, 0.25) is 0 Å². The van der Waals surface area contributed by atoms with Crippen molar-refractivity contribution in [3.8, 4) is 11.3 Å². The van der Waals surface area contributed by atoms with Gasteiger partial charge in [0.2, 0.25) is 0 Å². The zero-order chi connectivity index (χ0) is 14.9. The minimum atomic E-state index is -0.178. The summed E-state index contributed by atoms with van der Waals surface area (Å²) in [7, 11) is 0. The summed E-state index contributed by atoms with van der Waals surface area (Å²) < 4.78 is 6.86. The molecule has 3 aromatic rings. The average molecular weight is 296 g/mol. The number of aromatic amines is 1. The van der Waals surface area contributed by atoms with E-state index in [0.29, 0.717) is 5.65 Å². The van der Waals surface area contributed by atoms with Crippen LogP contribution in [0.5, 0.6) is 0 Å². The van der Waals surface area contributed by atoms with Gasteiger partial charge >= 0.3 is 5.69 Å². The molecule has 1 aliphatic heterocycles. The Morgan fingerprint density at radius 3 is 2.68 bits per heavy atom. The summed E-state index contributed by atoms with van der Waals surface area (Å²) in [4.78, 5) is 21.4. The molecule has 1 aliphatic rings. The van der Waals surface area contributed by atoms with Crippen molar-refractivity contribution in [2.45, 2.75) is 0 Å². The monoisotopic (exact) mass is 296 g/mol. The van der Waals surface area contributed by atoms with Crippen LogP contribution in [-0.4, -0.2) is 40.7 Å². The van der Waals surface area contributed by atoms with Crippen molar-refractivity contribution >= 4 is 11.3 Å². The molecule has 2 aromatic heterocycles. The summed E-state index contributed by atoms with van der Waals surface area (Å²) >= 11 is 0. The average Bonchev–Trinajstić information content (AvgIpc) is 3.05. The van der Waals surface area contributed by atoms with Gasteiger partial charge < -0.3 is 14.6 Å². The molecule has 4 rings (SSSR count). The number of ether oxygens (including phenoxy) is 1. The van der Waals surface area contributed by atoms with E-state index in [9.17, 15) is 4.79 Å². The maximum atomic E-state index is 12.0. The number of rotatable bonds is 2. The van der Waals surface area contributed by atoms with E-state index in [1.807, 2.05) is 18.2 Å². The number of hydrogen-bond acceptors (Lipinski definition) is 4. The summed E-state index contributed by atoms with van der Waals surface area (Å²) in [6.07, 6.45) is 3.27. The number of hydrogen-bond donors (Lipinski definition) is 1. The smallest absolute Gasteiger partial charge is 0.331 e. The van der Waals surface area contributed by atoms with Crippen LogP contribution in [0, 0.1) is 0 Å². The van der Waals surface area contributed by atoms with Crippen LogP contribution in [0.25, 0.3) is 16.9 Å². The van der Waals surface area contributed by atoms with Crippen LogP contribution in [-0.2, 0) is 4.74 Å². The minimum Gasteiger partial charge on any atom is -0.378 e. The molecule has 0 radical (unpaired) electrons. The molecule has 6 heteroatoms. The topological polar surface area (TPSA) is 62.6 Å². The third kappa shape index (κ3) is 2.27. The SMILES string of the molecule is O=c1[nH]c(-c2ccc(N3CCOCC3)cc2)cc2nccn12. The number of imidazole rings is 1. The van der Waals surface area contributed by atoms with Gasteiger partial charge in [-0.05, 0) is 17.7 Å². The van der Waals surface area contributed by atoms with Crippen LogP contribution in [0.4, 0.5) is 5.69 Å². The van der Waals surface area contributed by atoms with Crippen LogP contribution >= 0.6 is 0 Å². The van der Waals surface area contributed by atoms with Gasteiger partial charge in [-0.2, -0.15) is 0 Å². The number of H-pyrrole nitrogens is 1. The van der Waals surface area contributed by atoms with E-state index in [-0.39, 0.29) is 5.69 Å². The number of morpholine rings is 1. The lowest BCUT2D eigenvalue weighted by Crippen LogP contribution is -2.36. The Labute approximate surface area is 127 Å². The van der Waals surface area contributed by atoms with Gasteiger partial charge in [-0.1, -0.05) is 12.1 Å². The molecule has 0 bridgehead atoms. The van der Waals surface area contributed by atoms with Crippen LogP contribution in [0.15, 0.2) is 47.5 Å². The summed E-state index contributed by atoms with van der Waals surface area (Å²) in [6, 6.07) is 10.1. The van der Waals surface area contributed by atoms with Crippen molar-refractivity contribution in [2.75, 3.05) is 31.2 Å². The fourth-order valence-electron chi connectivity index (χ4n) is 2.76. The zero-order valence-electron chi connectivity index (χ0n) is 12.0. The number of fused-ring (bicyclic) bond motifs is 1. The van der Waals surface area contributed by atoms with Gasteiger partial charge in [0, 0.05) is 37.2 Å². The Bertz CT molecular complexity index is 844. The van der Waals surface area contributed by atoms with E-state index >= 15 is 0 Å². The first kappa shape index (κ1) is 13.1. The summed E-state index contributed by atoms with van der Waals surface area (Å²) in [5.41, 5.74) is 3.39. The molecule has 0 amide bonds. The maximum Gasteiger partial charge on any atom is 0.331 e. The number of aromatic nitrogens is 3. The molecule has 6 nitrogen and oxygen atoms in total. The Kier molecular flexibility index (Phi) is 3.16. The maximum absolute atomic E-state index is 12.0. The molecule has 1 N–H and O–H groups in total. The Morgan fingerprint density at radius 2 is 1.91 bits per heavy atom. The molecule has 0 spiro atoms. The molecule has 0 atom stereocenters. The van der Waals surface area contributed by atoms with Crippen molar-refractivity contribution in [2.24, 2.45) is 0 Å². The molecule has 0 aliphatic carbocycles. The van der Waals surface area contributed by atoms with Gasteiger partial charge in [0.1, 0.15) is 5.65 Å². The van der Waals surface area contributed by atoms with Gasteiger partial charge in [-0.15, -0.1) is 0 Å². The molecule has 1 saturated heterocycles. The van der Waals surface area contributed by atoms with Crippen molar-refractivity contribution in [3.05, 3.63) is 53.2 Å². The summed E-state index contributed by atoms with van der Waals surface area (Å²) in [5, 5.41) is 0. The molecule has 0 unspecified atom stereocenters. The molecule has 1 aromatic carbocycles. The first-order valence-corrected chi connectivity index (χ1v) is 7.31. The quantitative estimate of drug-likeness (QED) is 0.779. The molecular weight excluding hydrogens is 280 g/mol. The Hall–Kier alpha value is -2.60. The van der Waals surface area contributed by atoms with Gasteiger partial charge in [0.05, 0.1) is 18.9 Å². The van der Waals surface area contributed by atoms with E-state index in [1.165, 1.54) is 10.1 Å². The number of nitrogens with one attached hydrogen (secondary N) is 1. The van der Waals surface area contributed by atoms with E-state index in [2.05, 4.69) is 27.0 Å². The predicted octanol–water partition coefficient (Wildman–Crippen LogP) is 1.53. The zero-order valence-corrected chi connectivity index (χ0v) is 12.0. The fraction of sp³-hybridized carbons (Fsp3) is 0.250. The van der Waals surface area contributed by atoms with E-state index < -0.39 is 0 Å². The van der Waals surface area contributed by atoms with E-state index in [4.69, 9.17) is 4.74 Å². The largest absolute Gasteiger partial charge is 0.378 e. The van der Waals surface area contributed by atoms with Crippen LogP contribution in [0.1, 0.15) is 0 Å². The second-order valence-electron chi connectivity index (χ2n) is 5.29. The first-order chi connectivity index (χ1) is 10.8. The predicted molar refractivity (Wildman–Crippen MR) is 84.3 cm³/mol. The molecular formula is C16H16N4O2. The highest BCUT2D eigenvalue weighted by molar-refractivity contribution is 5.66. The molecule has 0 saturated carbocycles. The molecule has 1 fully saturated rings. The molecule has 22 heavy (non-hydrogen) atoms. The van der Waals surface area contributed by atoms with Crippen molar-refractivity contribution < 1.29 is 4.74 Å². The highest BCUT2D eigenvalue weighted by atomic mass is 16.5. The standard InChI is InChI=1S/C16H16N4O2/c21-16-18-14(11-15-17-5-6-20(15)16)12-1-3-13(4-2-12)19-7-9-22-10-8-19/h1-6,11H,7-10H2,(H,18,21). The minimum absolute atomic E-state index is 0.178. The Morgan fingerprint density at radius 1 is 1.14 bits per heavy atom. The normalized spacial score (nSPS) is 15.4.